The molecule has 0 spiro atoms. The summed E-state index contributed by atoms with van der Waals surface area (Å²) in [7, 11) is 0. The Labute approximate surface area is 85.8 Å². The van der Waals surface area contributed by atoms with Crippen molar-refractivity contribution in [2.24, 2.45) is 11.3 Å². The third kappa shape index (κ3) is 2.38. The molecule has 86 valence electrons. The monoisotopic (exact) mass is 222 g/mol. The van der Waals surface area contributed by atoms with Crippen LogP contribution in [-0.4, -0.2) is 17.7 Å². The summed E-state index contributed by atoms with van der Waals surface area (Å²) in [4.78, 5) is 22.6. The minimum atomic E-state index is -4.90. The average molecular weight is 222 g/mol. The fraction of sp³-hybridized carbons (Fsp3) is 0.800. The van der Waals surface area contributed by atoms with E-state index in [0.717, 1.165) is 0 Å². The summed E-state index contributed by atoms with van der Waals surface area (Å²) in [5.74, 6) is -3.94. The number of hydrogen-bond acceptors (Lipinski definition) is 2. The minimum absolute atomic E-state index is 0.0284. The van der Waals surface area contributed by atoms with Crippen LogP contribution in [0.25, 0.3) is 0 Å². The van der Waals surface area contributed by atoms with Gasteiger partial charge in [0.05, 0.1) is 5.92 Å². The second-order valence-electron chi connectivity index (χ2n) is 4.55. The lowest BCUT2D eigenvalue weighted by Gasteiger charge is -2.32. The van der Waals surface area contributed by atoms with Crippen molar-refractivity contribution in [1.29, 1.82) is 0 Å². The molecule has 0 radical (unpaired) electrons. The molecule has 1 aliphatic rings. The maximum absolute atomic E-state index is 12.2. The van der Waals surface area contributed by atoms with Crippen LogP contribution in [0.3, 0.4) is 0 Å². The molecule has 15 heavy (non-hydrogen) atoms. The van der Waals surface area contributed by atoms with Crippen molar-refractivity contribution in [2.75, 3.05) is 0 Å². The summed E-state index contributed by atoms with van der Waals surface area (Å²) >= 11 is 0. The zero-order chi connectivity index (χ0) is 11.9. The van der Waals surface area contributed by atoms with Gasteiger partial charge in [-0.25, -0.2) is 0 Å². The van der Waals surface area contributed by atoms with Gasteiger partial charge in [-0.2, -0.15) is 13.2 Å². The second kappa shape index (κ2) is 3.61. The van der Waals surface area contributed by atoms with Gasteiger partial charge >= 0.3 is 6.18 Å². The van der Waals surface area contributed by atoms with E-state index in [2.05, 4.69) is 0 Å². The van der Waals surface area contributed by atoms with E-state index in [-0.39, 0.29) is 6.42 Å². The molecule has 1 saturated carbocycles. The fourth-order valence-electron chi connectivity index (χ4n) is 1.92. The van der Waals surface area contributed by atoms with Crippen LogP contribution in [-0.2, 0) is 9.59 Å². The van der Waals surface area contributed by atoms with Gasteiger partial charge in [0.25, 0.3) is 0 Å². The number of Topliss-reactive ketones (excluding diaryl/α,β-unsaturated/α-hetero) is 2. The molecule has 1 aliphatic carbocycles. The van der Waals surface area contributed by atoms with Crippen molar-refractivity contribution < 1.29 is 22.8 Å². The van der Waals surface area contributed by atoms with Gasteiger partial charge in [-0.3, -0.25) is 9.59 Å². The van der Waals surface area contributed by atoms with Gasteiger partial charge in [-0.1, -0.05) is 20.3 Å². The quantitative estimate of drug-likeness (QED) is 0.639. The highest BCUT2D eigenvalue weighted by molar-refractivity contribution is 6.07. The van der Waals surface area contributed by atoms with Crippen molar-refractivity contribution in [2.45, 2.75) is 39.3 Å². The highest BCUT2D eigenvalue weighted by Crippen LogP contribution is 2.38. The van der Waals surface area contributed by atoms with E-state index in [4.69, 9.17) is 0 Å². The molecule has 0 bridgehead atoms. The molecule has 1 unspecified atom stereocenters. The van der Waals surface area contributed by atoms with Crippen molar-refractivity contribution >= 4 is 11.6 Å². The predicted molar refractivity (Wildman–Crippen MR) is 47.2 cm³/mol. The first-order valence-corrected chi connectivity index (χ1v) is 4.81. The summed E-state index contributed by atoms with van der Waals surface area (Å²) in [6.07, 6.45) is -3.83. The Bertz CT molecular complexity index is 284. The average Bonchev–Trinajstić information content (AvgIpc) is 2.07. The summed E-state index contributed by atoms with van der Waals surface area (Å²) in [5.41, 5.74) is -0.802. The number of halogens is 3. The SMILES string of the molecule is CC1(C)CCCC(C(=O)C(F)(F)F)C1=O. The molecule has 0 saturated heterocycles. The Kier molecular flexibility index (Phi) is 2.94. The summed E-state index contributed by atoms with van der Waals surface area (Å²) in [6, 6.07) is 0. The van der Waals surface area contributed by atoms with E-state index in [1.807, 2.05) is 0 Å². The van der Waals surface area contributed by atoms with Crippen LogP contribution in [0, 0.1) is 11.3 Å². The first kappa shape index (κ1) is 12.2. The molecule has 0 N–H and O–H groups in total. The Hall–Kier alpha value is -0.870. The molecule has 0 heterocycles. The van der Waals surface area contributed by atoms with Crippen molar-refractivity contribution in [3.63, 3.8) is 0 Å². The first-order valence-electron chi connectivity index (χ1n) is 4.81. The minimum Gasteiger partial charge on any atom is -0.298 e. The molecular weight excluding hydrogens is 209 g/mol. The second-order valence-corrected chi connectivity index (χ2v) is 4.55. The van der Waals surface area contributed by atoms with Gasteiger partial charge < -0.3 is 0 Å². The standard InChI is InChI=1S/C10H13F3O2/c1-9(2)5-3-4-6(7(9)14)8(15)10(11,12)13/h6H,3-5H2,1-2H3. The molecule has 2 nitrogen and oxygen atoms in total. The van der Waals surface area contributed by atoms with Gasteiger partial charge in [0, 0.05) is 5.41 Å². The number of rotatable bonds is 1. The molecule has 0 aliphatic heterocycles. The van der Waals surface area contributed by atoms with Gasteiger partial charge in [0.15, 0.2) is 0 Å². The Morgan fingerprint density at radius 1 is 1.40 bits per heavy atom. The van der Waals surface area contributed by atoms with Gasteiger partial charge in [0.1, 0.15) is 5.78 Å². The summed E-state index contributed by atoms with van der Waals surface area (Å²) in [5, 5.41) is 0. The fourth-order valence-corrected chi connectivity index (χ4v) is 1.92. The van der Waals surface area contributed by atoms with Crippen LogP contribution >= 0.6 is 0 Å². The van der Waals surface area contributed by atoms with Crippen molar-refractivity contribution in [3.8, 4) is 0 Å². The van der Waals surface area contributed by atoms with Gasteiger partial charge in [-0.05, 0) is 12.8 Å². The molecule has 5 heteroatoms. The van der Waals surface area contributed by atoms with E-state index in [1.165, 1.54) is 0 Å². The molecule has 0 amide bonds. The van der Waals surface area contributed by atoms with Crippen LogP contribution in [0.4, 0.5) is 13.2 Å². The van der Waals surface area contributed by atoms with Crippen molar-refractivity contribution in [3.05, 3.63) is 0 Å². The van der Waals surface area contributed by atoms with Crippen LogP contribution in [0.5, 0.6) is 0 Å². The summed E-state index contributed by atoms with van der Waals surface area (Å²) < 4.78 is 36.5. The predicted octanol–water partition coefficient (Wildman–Crippen LogP) is 2.51. The van der Waals surface area contributed by atoms with Gasteiger partial charge in [-0.15, -0.1) is 0 Å². The molecule has 0 aromatic carbocycles. The van der Waals surface area contributed by atoms with Crippen molar-refractivity contribution in [1.82, 2.24) is 0 Å². The normalized spacial score (nSPS) is 26.5. The zero-order valence-corrected chi connectivity index (χ0v) is 8.65. The molecule has 0 aromatic rings. The number of hydrogen-bond donors (Lipinski definition) is 0. The highest BCUT2D eigenvalue weighted by atomic mass is 19.4. The molecule has 1 fully saturated rings. The largest absolute Gasteiger partial charge is 0.450 e. The number of carbonyl (C=O) groups is 2. The van der Waals surface area contributed by atoms with E-state index in [1.54, 1.807) is 13.8 Å². The van der Waals surface area contributed by atoms with E-state index in [9.17, 15) is 22.8 Å². The van der Waals surface area contributed by atoms with Gasteiger partial charge in [0.2, 0.25) is 5.78 Å². The number of alkyl halides is 3. The topological polar surface area (TPSA) is 34.1 Å². The lowest BCUT2D eigenvalue weighted by Crippen LogP contribution is -2.43. The Morgan fingerprint density at radius 3 is 2.40 bits per heavy atom. The molecule has 0 aromatic heterocycles. The molecular formula is C10H13F3O2. The molecule has 1 atom stereocenters. The van der Waals surface area contributed by atoms with E-state index in [0.29, 0.717) is 12.8 Å². The highest BCUT2D eigenvalue weighted by Gasteiger charge is 2.50. The maximum atomic E-state index is 12.2. The van der Waals surface area contributed by atoms with Crippen LogP contribution in [0.2, 0.25) is 0 Å². The summed E-state index contributed by atoms with van der Waals surface area (Å²) in [6.45, 7) is 3.18. The number of carbonyl (C=O) groups excluding carboxylic acids is 2. The Morgan fingerprint density at radius 2 is 1.93 bits per heavy atom. The first-order chi connectivity index (χ1) is 6.66. The van der Waals surface area contributed by atoms with Crippen LogP contribution in [0.15, 0.2) is 0 Å². The van der Waals surface area contributed by atoms with E-state index >= 15 is 0 Å². The zero-order valence-electron chi connectivity index (χ0n) is 8.65. The smallest absolute Gasteiger partial charge is 0.298 e. The van der Waals surface area contributed by atoms with E-state index < -0.39 is 29.1 Å². The maximum Gasteiger partial charge on any atom is 0.450 e. The lowest BCUT2D eigenvalue weighted by molar-refractivity contribution is -0.179. The number of ketones is 2. The van der Waals surface area contributed by atoms with Crippen LogP contribution < -0.4 is 0 Å². The lowest BCUT2D eigenvalue weighted by atomic mass is 9.69. The molecule has 1 rings (SSSR count). The van der Waals surface area contributed by atoms with Crippen LogP contribution in [0.1, 0.15) is 33.1 Å². The Balaban J connectivity index is 2.88. The third-order valence-electron chi connectivity index (χ3n) is 2.87. The third-order valence-corrected chi connectivity index (χ3v) is 2.87.